The molecular formula is C15H19NO6. The van der Waals surface area contributed by atoms with Crippen molar-refractivity contribution in [1.29, 1.82) is 0 Å². The Bertz CT molecular complexity index is 558. The lowest BCUT2D eigenvalue weighted by Gasteiger charge is -2.30. The van der Waals surface area contributed by atoms with Crippen LogP contribution in [0, 0.1) is 15.5 Å². The maximum Gasteiger partial charge on any atom is 0.338 e. The first-order chi connectivity index (χ1) is 10.1. The maximum atomic E-state index is 12.1. The number of rotatable bonds is 6. The van der Waals surface area contributed by atoms with Crippen LogP contribution in [0.25, 0.3) is 0 Å². The molecule has 120 valence electrons. The molecule has 0 aromatic heterocycles. The fourth-order valence-electron chi connectivity index (χ4n) is 1.84. The minimum absolute atomic E-state index is 0.102. The molecule has 1 aromatic rings. The first kappa shape index (κ1) is 17.6. The van der Waals surface area contributed by atoms with Gasteiger partial charge in [0.1, 0.15) is 6.10 Å². The third-order valence-corrected chi connectivity index (χ3v) is 3.15. The predicted molar refractivity (Wildman–Crippen MR) is 78.6 cm³/mol. The van der Waals surface area contributed by atoms with Gasteiger partial charge in [-0.1, -0.05) is 20.8 Å². The Morgan fingerprint density at radius 3 is 2.23 bits per heavy atom. The molecule has 0 saturated carbocycles. The van der Waals surface area contributed by atoms with Crippen molar-refractivity contribution in [2.45, 2.75) is 39.7 Å². The minimum Gasteiger partial charge on any atom is -0.481 e. The number of ether oxygens (including phenoxy) is 1. The van der Waals surface area contributed by atoms with Crippen molar-refractivity contribution in [3.8, 4) is 0 Å². The van der Waals surface area contributed by atoms with Crippen LogP contribution < -0.4 is 0 Å². The smallest absolute Gasteiger partial charge is 0.338 e. The molecule has 1 N–H and O–H groups in total. The summed E-state index contributed by atoms with van der Waals surface area (Å²) in [7, 11) is 0. The number of aliphatic carboxylic acids is 1. The van der Waals surface area contributed by atoms with E-state index in [-0.39, 0.29) is 24.1 Å². The standard InChI is InChI=1S/C15H19NO6/c1-15(2,3)12(8-9-13(17)18)22-14(19)10-4-6-11(7-5-10)16(20)21/h4-7,12H,8-9H2,1-3H3,(H,17,18)/t12-/m1/s1. The topological polar surface area (TPSA) is 107 Å². The number of carbonyl (C=O) groups excluding carboxylic acids is 1. The fraction of sp³-hybridized carbons (Fsp3) is 0.467. The van der Waals surface area contributed by atoms with E-state index < -0.39 is 28.4 Å². The van der Waals surface area contributed by atoms with E-state index in [4.69, 9.17) is 9.84 Å². The molecule has 0 aliphatic heterocycles. The highest BCUT2D eigenvalue weighted by Crippen LogP contribution is 2.27. The van der Waals surface area contributed by atoms with E-state index in [0.29, 0.717) is 0 Å². The van der Waals surface area contributed by atoms with E-state index in [1.165, 1.54) is 24.3 Å². The first-order valence-electron chi connectivity index (χ1n) is 6.78. The number of non-ortho nitro benzene ring substituents is 1. The summed E-state index contributed by atoms with van der Waals surface area (Å²) in [5.74, 6) is -1.58. The lowest BCUT2D eigenvalue weighted by molar-refractivity contribution is -0.384. The SMILES string of the molecule is CC(C)(C)[C@@H](CCC(=O)O)OC(=O)c1ccc([N+](=O)[O-])cc1. The zero-order chi connectivity index (χ0) is 16.9. The Labute approximate surface area is 128 Å². The van der Waals surface area contributed by atoms with Gasteiger partial charge in [-0.05, 0) is 24.0 Å². The van der Waals surface area contributed by atoms with Crippen molar-refractivity contribution in [1.82, 2.24) is 0 Å². The minimum atomic E-state index is -0.958. The molecule has 0 amide bonds. The Morgan fingerprint density at radius 1 is 1.27 bits per heavy atom. The Morgan fingerprint density at radius 2 is 1.82 bits per heavy atom. The monoisotopic (exact) mass is 309 g/mol. The normalized spacial score (nSPS) is 12.5. The highest BCUT2D eigenvalue weighted by molar-refractivity contribution is 5.89. The molecular weight excluding hydrogens is 290 g/mol. The van der Waals surface area contributed by atoms with Gasteiger partial charge in [0.05, 0.1) is 10.5 Å². The Kier molecular flexibility index (Phi) is 5.62. The quantitative estimate of drug-likeness (QED) is 0.491. The molecule has 0 fully saturated rings. The van der Waals surface area contributed by atoms with Gasteiger partial charge < -0.3 is 9.84 Å². The van der Waals surface area contributed by atoms with Crippen LogP contribution in [0.5, 0.6) is 0 Å². The van der Waals surface area contributed by atoms with Crippen molar-refractivity contribution < 1.29 is 24.4 Å². The van der Waals surface area contributed by atoms with Gasteiger partial charge in [0.15, 0.2) is 0 Å². The number of benzene rings is 1. The molecule has 0 saturated heterocycles. The summed E-state index contributed by atoms with van der Waals surface area (Å²) < 4.78 is 5.38. The average molecular weight is 309 g/mol. The summed E-state index contributed by atoms with van der Waals surface area (Å²) in [6, 6.07) is 5.08. The van der Waals surface area contributed by atoms with Crippen LogP contribution in [0.2, 0.25) is 0 Å². The van der Waals surface area contributed by atoms with E-state index in [0.717, 1.165) is 0 Å². The van der Waals surface area contributed by atoms with E-state index in [2.05, 4.69) is 0 Å². The van der Waals surface area contributed by atoms with E-state index in [9.17, 15) is 19.7 Å². The molecule has 1 atom stereocenters. The number of carbonyl (C=O) groups is 2. The predicted octanol–water partition coefficient (Wildman–Crippen LogP) is 3.03. The van der Waals surface area contributed by atoms with Crippen molar-refractivity contribution in [3.05, 3.63) is 39.9 Å². The van der Waals surface area contributed by atoms with Crippen LogP contribution in [-0.2, 0) is 9.53 Å². The first-order valence-corrected chi connectivity index (χ1v) is 6.78. The van der Waals surface area contributed by atoms with Gasteiger partial charge in [0.25, 0.3) is 5.69 Å². The zero-order valence-electron chi connectivity index (χ0n) is 12.7. The summed E-state index contributed by atoms with van der Waals surface area (Å²) >= 11 is 0. The van der Waals surface area contributed by atoms with E-state index >= 15 is 0 Å². The summed E-state index contributed by atoms with van der Waals surface area (Å²) in [6.45, 7) is 5.55. The number of hydrogen-bond acceptors (Lipinski definition) is 5. The van der Waals surface area contributed by atoms with Gasteiger partial charge in [-0.25, -0.2) is 4.79 Å². The van der Waals surface area contributed by atoms with Crippen LogP contribution in [0.4, 0.5) is 5.69 Å². The molecule has 0 heterocycles. The molecule has 0 bridgehead atoms. The summed E-state index contributed by atoms with van der Waals surface area (Å²) in [4.78, 5) is 32.8. The van der Waals surface area contributed by atoms with E-state index in [1.807, 2.05) is 20.8 Å². The molecule has 22 heavy (non-hydrogen) atoms. The highest BCUT2D eigenvalue weighted by atomic mass is 16.6. The number of nitro benzene ring substituents is 1. The van der Waals surface area contributed by atoms with Crippen LogP contribution in [0.15, 0.2) is 24.3 Å². The third kappa shape index (κ3) is 5.16. The van der Waals surface area contributed by atoms with Crippen molar-refractivity contribution >= 4 is 17.6 Å². The van der Waals surface area contributed by atoms with Crippen LogP contribution in [-0.4, -0.2) is 28.1 Å². The largest absolute Gasteiger partial charge is 0.481 e. The van der Waals surface area contributed by atoms with Crippen LogP contribution in [0.1, 0.15) is 44.0 Å². The third-order valence-electron chi connectivity index (χ3n) is 3.15. The number of nitrogens with zero attached hydrogens (tertiary/aromatic N) is 1. The van der Waals surface area contributed by atoms with Crippen LogP contribution >= 0.6 is 0 Å². The van der Waals surface area contributed by atoms with Gasteiger partial charge in [0, 0.05) is 18.6 Å². The van der Waals surface area contributed by atoms with Gasteiger partial charge in [-0.15, -0.1) is 0 Å². The molecule has 7 nitrogen and oxygen atoms in total. The van der Waals surface area contributed by atoms with Crippen LogP contribution in [0.3, 0.4) is 0 Å². The average Bonchev–Trinajstić information content (AvgIpc) is 2.41. The van der Waals surface area contributed by atoms with Gasteiger partial charge in [-0.2, -0.15) is 0 Å². The molecule has 0 spiro atoms. The second kappa shape index (κ2) is 7.02. The molecule has 0 radical (unpaired) electrons. The molecule has 1 aromatic carbocycles. The molecule has 1 rings (SSSR count). The second-order valence-electron chi connectivity index (χ2n) is 6.00. The maximum absolute atomic E-state index is 12.1. The van der Waals surface area contributed by atoms with E-state index in [1.54, 1.807) is 0 Å². The lowest BCUT2D eigenvalue weighted by atomic mass is 9.86. The van der Waals surface area contributed by atoms with Gasteiger partial charge >= 0.3 is 11.9 Å². The Balaban J connectivity index is 2.81. The van der Waals surface area contributed by atoms with Crippen molar-refractivity contribution in [2.75, 3.05) is 0 Å². The molecule has 0 aliphatic rings. The van der Waals surface area contributed by atoms with Gasteiger partial charge in [0.2, 0.25) is 0 Å². The zero-order valence-corrected chi connectivity index (χ0v) is 12.7. The van der Waals surface area contributed by atoms with Crippen molar-refractivity contribution in [2.24, 2.45) is 5.41 Å². The van der Waals surface area contributed by atoms with Crippen molar-refractivity contribution in [3.63, 3.8) is 0 Å². The lowest BCUT2D eigenvalue weighted by Crippen LogP contribution is -2.32. The fourth-order valence-corrected chi connectivity index (χ4v) is 1.84. The summed E-state index contributed by atoms with van der Waals surface area (Å²) in [6.07, 6.45) is -0.459. The number of hydrogen-bond donors (Lipinski definition) is 1. The summed E-state index contributed by atoms with van der Waals surface area (Å²) in [5, 5.41) is 19.3. The Hall–Kier alpha value is -2.44. The summed E-state index contributed by atoms with van der Waals surface area (Å²) in [5.41, 5.74) is -0.337. The van der Waals surface area contributed by atoms with Gasteiger partial charge in [-0.3, -0.25) is 14.9 Å². The highest BCUT2D eigenvalue weighted by Gasteiger charge is 2.29. The number of esters is 1. The number of carboxylic acids is 1. The number of carboxylic acid groups (broad SMARTS) is 1. The molecule has 0 aliphatic carbocycles. The molecule has 0 unspecified atom stereocenters. The molecule has 7 heteroatoms. The second-order valence-corrected chi connectivity index (χ2v) is 6.00. The number of nitro groups is 1.